The molecule has 230 valence electrons. The van der Waals surface area contributed by atoms with Crippen molar-refractivity contribution in [2.45, 2.75) is 51.1 Å². The molecule has 0 aliphatic heterocycles. The first-order valence-electron chi connectivity index (χ1n) is 14.6. The Kier molecular flexibility index (Phi) is 11.2. The third kappa shape index (κ3) is 8.27. The summed E-state index contributed by atoms with van der Waals surface area (Å²) < 4.78 is 29.3. The first-order chi connectivity index (χ1) is 21.1. The molecular weight excluding hydrogens is 594 g/mol. The van der Waals surface area contributed by atoms with Gasteiger partial charge in [0.05, 0.1) is 10.6 Å². The molecule has 0 fully saturated rings. The van der Waals surface area contributed by atoms with Gasteiger partial charge in [-0.05, 0) is 78.9 Å². The normalized spacial score (nSPS) is 11.9. The van der Waals surface area contributed by atoms with E-state index in [1.165, 1.54) is 17.0 Å². The lowest BCUT2D eigenvalue weighted by Crippen LogP contribution is -2.53. The predicted octanol–water partition coefficient (Wildman–Crippen LogP) is 6.32. The molecule has 1 N–H and O–H groups in total. The smallest absolute Gasteiger partial charge is 0.264 e. The van der Waals surface area contributed by atoms with Crippen molar-refractivity contribution in [1.29, 1.82) is 0 Å². The molecule has 7 nitrogen and oxygen atoms in total. The average Bonchev–Trinajstić information content (AvgIpc) is 3.02. The van der Waals surface area contributed by atoms with E-state index in [9.17, 15) is 18.0 Å². The number of amides is 2. The predicted molar refractivity (Wildman–Crippen MR) is 176 cm³/mol. The van der Waals surface area contributed by atoms with Crippen LogP contribution in [0.2, 0.25) is 5.02 Å². The molecule has 0 saturated heterocycles. The van der Waals surface area contributed by atoms with Gasteiger partial charge in [0.1, 0.15) is 12.6 Å². The summed E-state index contributed by atoms with van der Waals surface area (Å²) in [7, 11) is -4.15. The van der Waals surface area contributed by atoms with Crippen molar-refractivity contribution in [2.75, 3.05) is 17.4 Å². The summed E-state index contributed by atoms with van der Waals surface area (Å²) in [6, 6.07) is 29.0. The number of aryl methyl sites for hydroxylation is 2. The van der Waals surface area contributed by atoms with E-state index < -0.39 is 28.5 Å². The Hall–Kier alpha value is -4.14. The van der Waals surface area contributed by atoms with Crippen molar-refractivity contribution in [3.63, 3.8) is 0 Å². The molecule has 0 bridgehead atoms. The summed E-state index contributed by atoms with van der Waals surface area (Å²) in [6.45, 7) is 5.79. The molecule has 44 heavy (non-hydrogen) atoms. The number of sulfonamides is 1. The van der Waals surface area contributed by atoms with Crippen LogP contribution in [0.3, 0.4) is 0 Å². The van der Waals surface area contributed by atoms with Gasteiger partial charge >= 0.3 is 0 Å². The highest BCUT2D eigenvalue weighted by molar-refractivity contribution is 7.92. The number of rotatable bonds is 13. The largest absolute Gasteiger partial charge is 0.354 e. The number of nitrogens with zero attached hydrogens (tertiary/aromatic N) is 2. The molecule has 0 saturated carbocycles. The molecular formula is C35H38ClN3O4S. The molecule has 1 atom stereocenters. The van der Waals surface area contributed by atoms with Gasteiger partial charge in [-0.3, -0.25) is 13.9 Å². The number of hydrogen-bond donors (Lipinski definition) is 1. The zero-order valence-corrected chi connectivity index (χ0v) is 26.8. The van der Waals surface area contributed by atoms with E-state index in [1.807, 2.05) is 63.2 Å². The zero-order valence-electron chi connectivity index (χ0n) is 25.2. The quantitative estimate of drug-likeness (QED) is 0.187. The number of nitrogens with one attached hydrogen (secondary N) is 1. The Balaban J connectivity index is 1.81. The lowest BCUT2D eigenvalue weighted by Gasteiger charge is -2.34. The fourth-order valence-electron chi connectivity index (χ4n) is 4.88. The van der Waals surface area contributed by atoms with Crippen LogP contribution in [-0.2, 0) is 32.6 Å². The summed E-state index contributed by atoms with van der Waals surface area (Å²) in [4.78, 5) is 29.7. The number of hydrogen-bond acceptors (Lipinski definition) is 4. The van der Waals surface area contributed by atoms with Crippen molar-refractivity contribution < 1.29 is 18.0 Å². The second-order valence-corrected chi connectivity index (χ2v) is 13.0. The van der Waals surface area contributed by atoms with Gasteiger partial charge in [-0.2, -0.15) is 0 Å². The minimum absolute atomic E-state index is 0.0581. The summed E-state index contributed by atoms with van der Waals surface area (Å²) in [6.07, 6.45) is 0.972. The first-order valence-corrected chi connectivity index (χ1v) is 16.4. The van der Waals surface area contributed by atoms with Crippen molar-refractivity contribution in [3.05, 3.63) is 130 Å². The van der Waals surface area contributed by atoms with Crippen LogP contribution >= 0.6 is 11.6 Å². The van der Waals surface area contributed by atoms with Crippen molar-refractivity contribution in [3.8, 4) is 0 Å². The van der Waals surface area contributed by atoms with Crippen LogP contribution in [0.1, 0.15) is 35.6 Å². The fraction of sp³-hybridized carbons (Fsp3) is 0.257. The van der Waals surface area contributed by atoms with E-state index in [1.54, 1.807) is 48.5 Å². The van der Waals surface area contributed by atoms with Crippen LogP contribution in [-0.4, -0.2) is 44.3 Å². The molecule has 0 unspecified atom stereocenters. The summed E-state index contributed by atoms with van der Waals surface area (Å²) >= 11 is 6.30. The van der Waals surface area contributed by atoms with E-state index in [4.69, 9.17) is 11.6 Å². The van der Waals surface area contributed by atoms with Gasteiger partial charge < -0.3 is 10.2 Å². The van der Waals surface area contributed by atoms with Crippen LogP contribution in [0, 0.1) is 13.8 Å². The third-order valence-electron chi connectivity index (χ3n) is 7.45. The number of anilines is 1. The van der Waals surface area contributed by atoms with Crippen LogP contribution < -0.4 is 9.62 Å². The minimum Gasteiger partial charge on any atom is -0.354 e. The highest BCUT2D eigenvalue weighted by Crippen LogP contribution is 2.27. The number of halogens is 1. The lowest BCUT2D eigenvalue weighted by atomic mass is 10.0. The highest BCUT2D eigenvalue weighted by Gasteiger charge is 2.34. The van der Waals surface area contributed by atoms with E-state index >= 15 is 0 Å². The molecule has 0 aromatic heterocycles. The van der Waals surface area contributed by atoms with E-state index in [0.717, 1.165) is 33.0 Å². The molecule has 9 heteroatoms. The maximum atomic E-state index is 14.5. The lowest BCUT2D eigenvalue weighted by molar-refractivity contribution is -0.140. The van der Waals surface area contributed by atoms with Gasteiger partial charge in [0, 0.05) is 24.5 Å². The van der Waals surface area contributed by atoms with Crippen LogP contribution in [0.25, 0.3) is 0 Å². The topological polar surface area (TPSA) is 86.8 Å². The molecule has 0 radical (unpaired) electrons. The van der Waals surface area contributed by atoms with E-state index in [0.29, 0.717) is 17.3 Å². The molecule has 4 aromatic rings. The number of carbonyl (C=O) groups is 2. The van der Waals surface area contributed by atoms with E-state index in [2.05, 4.69) is 5.32 Å². The molecule has 2 amide bonds. The number of benzene rings is 4. The van der Waals surface area contributed by atoms with Crippen LogP contribution in [0.15, 0.2) is 108 Å². The minimum atomic E-state index is -4.15. The molecule has 0 spiro atoms. The Bertz CT molecular complexity index is 1680. The molecule has 0 heterocycles. The third-order valence-corrected chi connectivity index (χ3v) is 9.47. The Morgan fingerprint density at radius 1 is 0.818 bits per heavy atom. The summed E-state index contributed by atoms with van der Waals surface area (Å²) in [5.41, 5.74) is 3.84. The van der Waals surface area contributed by atoms with E-state index in [-0.39, 0.29) is 23.8 Å². The molecule has 4 aromatic carbocycles. The van der Waals surface area contributed by atoms with Crippen molar-refractivity contribution >= 4 is 39.1 Å². The van der Waals surface area contributed by atoms with Gasteiger partial charge in [0.15, 0.2) is 0 Å². The molecule has 0 aliphatic carbocycles. The Morgan fingerprint density at radius 2 is 1.48 bits per heavy atom. The van der Waals surface area contributed by atoms with Crippen LogP contribution in [0.5, 0.6) is 0 Å². The first kappa shape index (κ1) is 32.8. The van der Waals surface area contributed by atoms with Crippen molar-refractivity contribution in [2.24, 2.45) is 0 Å². The standard InChI is InChI=1S/C35H38ClN3O4S/c1-4-20-37-35(41)33(23-28-12-7-5-8-13-28)38(24-29-14-11-15-30(36)22-29)34(40)25-39(31-19-18-26(2)27(3)21-31)44(42,43)32-16-9-6-10-17-32/h5-19,21-22,33H,4,20,23-25H2,1-3H3,(H,37,41)/t33-/m0/s1. The monoisotopic (exact) mass is 631 g/mol. The summed E-state index contributed by atoms with van der Waals surface area (Å²) in [5, 5.41) is 3.44. The van der Waals surface area contributed by atoms with Crippen molar-refractivity contribution in [1.82, 2.24) is 10.2 Å². The van der Waals surface area contributed by atoms with Crippen LogP contribution in [0.4, 0.5) is 5.69 Å². The molecule has 0 aliphatic rings. The second-order valence-electron chi connectivity index (χ2n) is 10.7. The summed E-state index contributed by atoms with van der Waals surface area (Å²) in [5.74, 6) is -0.829. The SMILES string of the molecule is CCCNC(=O)[C@H](Cc1ccccc1)N(Cc1cccc(Cl)c1)C(=O)CN(c1ccc(C)c(C)c1)S(=O)(=O)c1ccccc1. The van der Waals surface area contributed by atoms with Gasteiger partial charge in [0.25, 0.3) is 10.0 Å². The van der Waals surface area contributed by atoms with Gasteiger partial charge in [-0.25, -0.2) is 8.42 Å². The second kappa shape index (κ2) is 15.0. The zero-order chi connectivity index (χ0) is 31.7. The molecule has 4 rings (SSSR count). The Labute approximate surface area is 265 Å². The maximum absolute atomic E-state index is 14.5. The average molecular weight is 632 g/mol. The number of carbonyl (C=O) groups excluding carboxylic acids is 2. The fourth-order valence-corrected chi connectivity index (χ4v) is 6.52. The van der Waals surface area contributed by atoms with Gasteiger partial charge in [-0.1, -0.05) is 85.3 Å². The highest BCUT2D eigenvalue weighted by atomic mass is 35.5. The Morgan fingerprint density at radius 3 is 2.11 bits per heavy atom. The van der Waals surface area contributed by atoms with Gasteiger partial charge in [-0.15, -0.1) is 0 Å². The maximum Gasteiger partial charge on any atom is 0.264 e. The van der Waals surface area contributed by atoms with Gasteiger partial charge in [0.2, 0.25) is 11.8 Å².